The third kappa shape index (κ3) is 18.3. The zero-order valence-corrected chi connectivity index (χ0v) is 58.3. The Hall–Kier alpha value is -6.41. The number of hydrogen-bond donors (Lipinski definition) is 0. The van der Waals surface area contributed by atoms with Crippen LogP contribution in [0.5, 0.6) is 0 Å². The van der Waals surface area contributed by atoms with Crippen LogP contribution in [0.3, 0.4) is 0 Å². The van der Waals surface area contributed by atoms with Crippen molar-refractivity contribution in [3.05, 3.63) is 186 Å². The monoisotopic (exact) mass is 1340 g/mol. The fourth-order valence-corrected chi connectivity index (χ4v) is 15.1. The lowest BCUT2D eigenvalue weighted by molar-refractivity contribution is 0.0299. The zero-order chi connectivity index (χ0) is 65.6. The number of benzene rings is 4. The lowest BCUT2D eigenvalue weighted by Crippen LogP contribution is -2.41. The first-order chi connectivity index (χ1) is 44.1. The molecule has 18 heteroatoms. The molecule has 4 saturated heterocycles. The Balaban J connectivity index is 0.000000145. The number of rotatable bonds is 11. The van der Waals surface area contributed by atoms with Gasteiger partial charge in [0, 0.05) is 96.9 Å². The van der Waals surface area contributed by atoms with Crippen LogP contribution in [-0.2, 0) is 19.6 Å². The van der Waals surface area contributed by atoms with Crippen LogP contribution in [0.1, 0.15) is 160 Å². The molecule has 0 bridgehead atoms. The molecule has 0 spiro atoms. The largest absolute Gasteiger partial charge is 0.378 e. The summed E-state index contributed by atoms with van der Waals surface area (Å²) in [4.78, 5) is 66.7. The number of thiophene rings is 4. The van der Waals surface area contributed by atoms with Gasteiger partial charge in [-0.3, -0.25) is 19.2 Å². The number of amides is 4. The predicted octanol–water partition coefficient (Wildman–Crippen LogP) is 18.3. The number of halogens is 3. The number of carbonyl (C=O) groups excluding carboxylic acids is 4. The Morgan fingerprint density at radius 3 is 1.11 bits per heavy atom. The lowest BCUT2D eigenvalue weighted by Gasteiger charge is -2.27. The molecule has 4 amide bonds. The number of nitrogens with zero attached hydrogens (tertiary/aromatic N) is 4. The van der Waals surface area contributed by atoms with E-state index in [0.717, 1.165) is 64.4 Å². The van der Waals surface area contributed by atoms with Gasteiger partial charge in [0.15, 0.2) is 0 Å². The van der Waals surface area contributed by atoms with Crippen LogP contribution >= 0.6 is 56.9 Å². The molecule has 0 N–H and O–H groups in total. The molecule has 4 aromatic heterocycles. The molecule has 8 heterocycles. The van der Waals surface area contributed by atoms with Gasteiger partial charge in [0.2, 0.25) is 0 Å². The maximum Gasteiger partial charge on any atom is 0.256 e. The van der Waals surface area contributed by atoms with E-state index in [0.29, 0.717) is 107 Å². The molecule has 0 aliphatic carbocycles. The Kier molecular flexibility index (Phi) is 24.8. The van der Waals surface area contributed by atoms with Crippen molar-refractivity contribution in [2.75, 3.05) is 92.0 Å². The summed E-state index contributed by atoms with van der Waals surface area (Å²) in [6.07, 6.45) is 3.17. The Morgan fingerprint density at radius 2 is 0.739 bits per heavy atom. The second-order valence-electron chi connectivity index (χ2n) is 25.2. The summed E-state index contributed by atoms with van der Waals surface area (Å²) in [5, 5.41) is 0.512. The minimum absolute atomic E-state index is 0.0149. The van der Waals surface area contributed by atoms with Crippen LogP contribution in [0.2, 0.25) is 5.02 Å². The number of likely N-dealkylation sites (tertiary alicyclic amines) is 1. The number of carbonyl (C=O) groups is 4. The van der Waals surface area contributed by atoms with Gasteiger partial charge in [0.1, 0.15) is 11.6 Å². The van der Waals surface area contributed by atoms with Crippen LogP contribution in [0.25, 0.3) is 41.8 Å². The topological polar surface area (TPSA) is 109 Å². The first kappa shape index (κ1) is 69.9. The van der Waals surface area contributed by atoms with Gasteiger partial charge in [-0.2, -0.15) is 0 Å². The first-order valence-electron chi connectivity index (χ1n) is 31.9. The van der Waals surface area contributed by atoms with E-state index in [9.17, 15) is 28.0 Å². The average molecular weight is 1340 g/mol. The second kappa shape index (κ2) is 32.6. The molecular formula is C74H85ClF2N4O7S4. The van der Waals surface area contributed by atoms with Crippen molar-refractivity contribution in [1.29, 1.82) is 0 Å². The van der Waals surface area contributed by atoms with Crippen molar-refractivity contribution in [1.82, 2.24) is 19.6 Å². The normalized spacial score (nSPS) is 15.3. The molecule has 4 aromatic carbocycles. The molecule has 0 radical (unpaired) electrons. The summed E-state index contributed by atoms with van der Waals surface area (Å²) < 4.78 is 44.8. The Bertz CT molecular complexity index is 3640. The van der Waals surface area contributed by atoms with E-state index in [1.54, 1.807) is 60.8 Å². The van der Waals surface area contributed by atoms with E-state index >= 15 is 0 Å². The number of morpholine rings is 3. The molecule has 11 nitrogen and oxygen atoms in total. The van der Waals surface area contributed by atoms with E-state index < -0.39 is 11.6 Å². The van der Waals surface area contributed by atoms with Crippen LogP contribution < -0.4 is 0 Å². The van der Waals surface area contributed by atoms with Crippen molar-refractivity contribution in [2.45, 2.75) is 105 Å². The molecule has 0 atom stereocenters. The van der Waals surface area contributed by atoms with Gasteiger partial charge < -0.3 is 33.8 Å². The smallest absolute Gasteiger partial charge is 0.256 e. The molecule has 0 saturated carbocycles. The molecule has 12 rings (SSSR count). The molecule has 92 heavy (non-hydrogen) atoms. The summed E-state index contributed by atoms with van der Waals surface area (Å²) in [5.41, 5.74) is 5.63. The van der Waals surface area contributed by atoms with E-state index in [-0.39, 0.29) is 40.2 Å². The lowest BCUT2D eigenvalue weighted by atomic mass is 9.95. The summed E-state index contributed by atoms with van der Waals surface area (Å²) in [6.45, 7) is 28.2. The van der Waals surface area contributed by atoms with Gasteiger partial charge in [-0.05, 0) is 162 Å². The fourth-order valence-electron chi connectivity index (χ4n) is 10.7. The average Bonchev–Trinajstić information content (AvgIpc) is 1.53. The maximum absolute atomic E-state index is 14.5. The van der Waals surface area contributed by atoms with E-state index in [1.165, 1.54) is 47.0 Å². The second-order valence-corrected chi connectivity index (χ2v) is 30.0. The fraction of sp³-hybridized carbons (Fsp3) is 0.405. The van der Waals surface area contributed by atoms with Gasteiger partial charge in [0.25, 0.3) is 23.6 Å². The minimum Gasteiger partial charge on any atom is -0.378 e. The predicted molar refractivity (Wildman–Crippen MR) is 375 cm³/mol. The molecule has 0 unspecified atom stereocenters. The number of piperidine rings is 1. The number of ether oxygens (including phenoxy) is 3. The Labute approximate surface area is 562 Å². The van der Waals surface area contributed by atoms with Crippen LogP contribution in [0.15, 0.2) is 127 Å². The minimum atomic E-state index is -0.460. The van der Waals surface area contributed by atoms with Crippen LogP contribution in [0.4, 0.5) is 8.78 Å². The van der Waals surface area contributed by atoms with Crippen LogP contribution in [0, 0.1) is 11.6 Å². The molecular weight excluding hydrogens is 1260 g/mol. The zero-order valence-electron chi connectivity index (χ0n) is 54.3. The molecule has 4 fully saturated rings. The summed E-state index contributed by atoms with van der Waals surface area (Å²) in [5.74, 6) is 0.301. The van der Waals surface area contributed by atoms with Gasteiger partial charge in [-0.15, -0.1) is 45.3 Å². The van der Waals surface area contributed by atoms with E-state index in [4.69, 9.17) is 25.8 Å². The SMILES string of the molecule is CC(C)(C)c1ccc(-c2ccc(C(=O)N3CCCCC3)c(F)c2)s1.CC(C)c1ccc(-c2ccc(C(=O)N3CCOCC3)c(Cl)c2)s1.CC(C)c1ccc(-c2ccc(C(=O)N3CCOCC3)c(F)c2)s1.CC(C)c1ccc(-c2ccc(C(=O)N3CCOCC3)cc2)s1. The van der Waals surface area contributed by atoms with E-state index in [1.807, 2.05) is 83.0 Å². The quantitative estimate of drug-likeness (QED) is 0.127. The highest BCUT2D eigenvalue weighted by molar-refractivity contribution is 7.16. The van der Waals surface area contributed by atoms with Gasteiger partial charge in [-0.1, -0.05) is 104 Å². The third-order valence-electron chi connectivity index (χ3n) is 16.3. The molecule has 488 valence electrons. The molecule has 8 aromatic rings. The highest BCUT2D eigenvalue weighted by Gasteiger charge is 2.26. The summed E-state index contributed by atoms with van der Waals surface area (Å²) >= 11 is 13.3. The standard InChI is InChI=1S/C20H24FNOS.C18H20ClNO2S.C18H20FNO2S.C18H21NO2S/c1-20(2,3)18-10-9-17(24-18)14-7-8-15(16(21)13-14)19(23)22-11-5-4-6-12-22;2*1-12(2)16-5-6-17(23-16)13-3-4-14(15(19)11-13)18(21)20-7-9-22-10-8-20;1-13(2)16-7-8-17(22-16)14-3-5-15(6-4-14)18(20)19-9-11-21-12-10-19/h7-10,13H,4-6,11-12H2,1-3H3;2*3-6,11-12H,7-10H2,1-2H3;3-8,13H,9-12H2,1-2H3. The van der Waals surface area contributed by atoms with Crippen molar-refractivity contribution >= 4 is 80.6 Å². The first-order valence-corrected chi connectivity index (χ1v) is 35.6. The van der Waals surface area contributed by atoms with E-state index in [2.05, 4.69) is 98.7 Å². The van der Waals surface area contributed by atoms with Gasteiger partial charge in [0.05, 0.1) is 61.4 Å². The van der Waals surface area contributed by atoms with Gasteiger partial charge >= 0.3 is 0 Å². The van der Waals surface area contributed by atoms with Crippen molar-refractivity contribution in [3.8, 4) is 41.8 Å². The highest BCUT2D eigenvalue weighted by atomic mass is 35.5. The molecule has 4 aliphatic rings. The summed E-state index contributed by atoms with van der Waals surface area (Å²) in [7, 11) is 0. The van der Waals surface area contributed by atoms with Crippen LogP contribution in [-0.4, -0.2) is 135 Å². The van der Waals surface area contributed by atoms with Crippen molar-refractivity contribution in [2.24, 2.45) is 0 Å². The van der Waals surface area contributed by atoms with Crippen molar-refractivity contribution < 1.29 is 42.2 Å². The summed E-state index contributed by atoms with van der Waals surface area (Å²) in [6, 6.07) is 40.4. The maximum atomic E-state index is 14.5. The Morgan fingerprint density at radius 1 is 0.402 bits per heavy atom. The third-order valence-corrected chi connectivity index (χ3v) is 22.5. The molecule has 4 aliphatic heterocycles. The van der Waals surface area contributed by atoms with Gasteiger partial charge in [-0.25, -0.2) is 8.78 Å². The number of hydrogen-bond acceptors (Lipinski definition) is 11. The van der Waals surface area contributed by atoms with Crippen molar-refractivity contribution in [3.63, 3.8) is 0 Å². The highest BCUT2D eigenvalue weighted by Crippen LogP contribution is 2.38.